The van der Waals surface area contributed by atoms with E-state index in [9.17, 15) is 8.42 Å². The highest BCUT2D eigenvalue weighted by Gasteiger charge is 2.11. The number of nitrogens with zero attached hydrogens (tertiary/aromatic N) is 2. The first-order chi connectivity index (χ1) is 8.70. The minimum absolute atomic E-state index is 0.0606. The van der Waals surface area contributed by atoms with Gasteiger partial charge in [-0.3, -0.25) is 0 Å². The van der Waals surface area contributed by atoms with Crippen LogP contribution in [0.5, 0.6) is 0 Å². The number of primary sulfonamides is 1. The molecule has 3 N–H and O–H groups in total. The number of nitrogens with one attached hydrogen (secondary N) is 1. The number of hydrogen-bond acceptors (Lipinski definition) is 5. The standard InChI is InChI=1S/C11H19ClN4O2S/c1-7(2)10-15-9(12)8(3)11(16-10)14-5-4-6-19(13,17)18/h7H,4-6H2,1-3H3,(H2,13,17,18)(H,14,15,16). The molecular formula is C11H19ClN4O2S. The highest BCUT2D eigenvalue weighted by molar-refractivity contribution is 7.89. The molecule has 108 valence electrons. The van der Waals surface area contributed by atoms with Gasteiger partial charge in [-0.2, -0.15) is 0 Å². The first-order valence-corrected chi connectivity index (χ1v) is 8.08. The molecule has 19 heavy (non-hydrogen) atoms. The molecule has 1 rings (SSSR count). The molecule has 1 aromatic rings. The molecule has 0 spiro atoms. The Morgan fingerprint density at radius 1 is 1.37 bits per heavy atom. The Kier molecular flexibility index (Phi) is 5.51. The predicted molar refractivity (Wildman–Crippen MR) is 76.9 cm³/mol. The summed E-state index contributed by atoms with van der Waals surface area (Å²) in [5, 5.41) is 8.41. The van der Waals surface area contributed by atoms with Gasteiger partial charge in [0, 0.05) is 18.0 Å². The van der Waals surface area contributed by atoms with Crippen molar-refractivity contribution in [1.29, 1.82) is 0 Å². The summed E-state index contributed by atoms with van der Waals surface area (Å²) in [7, 11) is -3.42. The highest BCUT2D eigenvalue weighted by Crippen LogP contribution is 2.22. The Morgan fingerprint density at radius 2 is 2.00 bits per heavy atom. The van der Waals surface area contributed by atoms with Crippen molar-refractivity contribution < 1.29 is 8.42 Å². The van der Waals surface area contributed by atoms with E-state index in [1.54, 1.807) is 0 Å². The van der Waals surface area contributed by atoms with Crippen LogP contribution >= 0.6 is 11.6 Å². The van der Waals surface area contributed by atoms with E-state index in [1.807, 2.05) is 20.8 Å². The zero-order valence-electron chi connectivity index (χ0n) is 11.3. The topological polar surface area (TPSA) is 98.0 Å². The maximum atomic E-state index is 10.8. The van der Waals surface area contributed by atoms with Crippen LogP contribution in [-0.4, -0.2) is 30.7 Å². The van der Waals surface area contributed by atoms with Gasteiger partial charge in [0.25, 0.3) is 0 Å². The van der Waals surface area contributed by atoms with Gasteiger partial charge in [-0.1, -0.05) is 25.4 Å². The second-order valence-corrected chi connectivity index (χ2v) is 6.74. The maximum absolute atomic E-state index is 10.8. The highest BCUT2D eigenvalue weighted by atomic mass is 35.5. The molecule has 0 aliphatic heterocycles. The van der Waals surface area contributed by atoms with E-state index in [0.29, 0.717) is 29.8 Å². The average molecular weight is 307 g/mol. The molecule has 6 nitrogen and oxygen atoms in total. The van der Waals surface area contributed by atoms with E-state index < -0.39 is 10.0 Å². The van der Waals surface area contributed by atoms with Crippen molar-refractivity contribution in [3.05, 3.63) is 16.5 Å². The summed E-state index contributed by atoms with van der Waals surface area (Å²) in [5.41, 5.74) is 0.752. The molecule has 0 atom stereocenters. The van der Waals surface area contributed by atoms with E-state index in [0.717, 1.165) is 5.56 Å². The number of hydrogen-bond donors (Lipinski definition) is 2. The van der Waals surface area contributed by atoms with E-state index in [1.165, 1.54) is 0 Å². The van der Waals surface area contributed by atoms with Crippen molar-refractivity contribution in [2.24, 2.45) is 5.14 Å². The van der Waals surface area contributed by atoms with Gasteiger partial charge >= 0.3 is 0 Å². The smallest absolute Gasteiger partial charge is 0.209 e. The number of sulfonamides is 1. The molecule has 0 bridgehead atoms. The fraction of sp³-hybridized carbons (Fsp3) is 0.636. The summed E-state index contributed by atoms with van der Waals surface area (Å²) in [4.78, 5) is 8.58. The van der Waals surface area contributed by atoms with Crippen LogP contribution in [0, 0.1) is 6.92 Å². The van der Waals surface area contributed by atoms with Gasteiger partial charge in [0.05, 0.1) is 5.75 Å². The van der Waals surface area contributed by atoms with Gasteiger partial charge < -0.3 is 5.32 Å². The zero-order valence-corrected chi connectivity index (χ0v) is 12.8. The van der Waals surface area contributed by atoms with E-state index in [-0.39, 0.29) is 11.7 Å². The van der Waals surface area contributed by atoms with Crippen LogP contribution in [0.15, 0.2) is 0 Å². The Hall–Kier alpha value is -0.920. The number of aromatic nitrogens is 2. The Morgan fingerprint density at radius 3 is 2.53 bits per heavy atom. The summed E-state index contributed by atoms with van der Waals surface area (Å²) in [6.45, 7) is 6.23. The van der Waals surface area contributed by atoms with Crippen molar-refractivity contribution in [2.75, 3.05) is 17.6 Å². The summed E-state index contributed by atoms with van der Waals surface area (Å²) < 4.78 is 21.6. The summed E-state index contributed by atoms with van der Waals surface area (Å²) >= 11 is 6.04. The quantitative estimate of drug-likeness (QED) is 0.615. The molecule has 0 aliphatic rings. The molecule has 1 aromatic heterocycles. The third kappa shape index (κ3) is 5.30. The first-order valence-electron chi connectivity index (χ1n) is 5.99. The van der Waals surface area contributed by atoms with Crippen molar-refractivity contribution >= 4 is 27.4 Å². The molecular weight excluding hydrogens is 288 g/mol. The normalized spacial score (nSPS) is 11.9. The van der Waals surface area contributed by atoms with E-state index in [2.05, 4.69) is 15.3 Å². The second-order valence-electron chi connectivity index (χ2n) is 4.65. The molecule has 0 aliphatic carbocycles. The van der Waals surface area contributed by atoms with Crippen LogP contribution in [-0.2, 0) is 10.0 Å². The van der Waals surface area contributed by atoms with Crippen LogP contribution in [0.25, 0.3) is 0 Å². The van der Waals surface area contributed by atoms with Gasteiger partial charge in [-0.25, -0.2) is 23.5 Å². The Labute approximate surface area is 118 Å². The summed E-state index contributed by atoms with van der Waals surface area (Å²) in [6, 6.07) is 0. The molecule has 0 radical (unpaired) electrons. The maximum Gasteiger partial charge on any atom is 0.209 e. The lowest BCUT2D eigenvalue weighted by molar-refractivity contribution is 0.595. The monoisotopic (exact) mass is 306 g/mol. The summed E-state index contributed by atoms with van der Waals surface area (Å²) in [6.07, 6.45) is 0.414. The lowest BCUT2D eigenvalue weighted by Crippen LogP contribution is -2.19. The molecule has 0 fully saturated rings. The van der Waals surface area contributed by atoms with E-state index in [4.69, 9.17) is 16.7 Å². The van der Waals surface area contributed by atoms with Crippen molar-refractivity contribution in [3.8, 4) is 0 Å². The lowest BCUT2D eigenvalue weighted by atomic mass is 10.2. The van der Waals surface area contributed by atoms with Crippen LogP contribution in [0.1, 0.15) is 37.6 Å². The molecule has 0 amide bonds. The first kappa shape index (κ1) is 16.1. The Bertz CT molecular complexity index is 546. The van der Waals surface area contributed by atoms with Gasteiger partial charge in [-0.05, 0) is 13.3 Å². The van der Waals surface area contributed by atoms with Gasteiger partial charge in [0.2, 0.25) is 10.0 Å². The Balaban J connectivity index is 2.72. The zero-order chi connectivity index (χ0) is 14.6. The van der Waals surface area contributed by atoms with Gasteiger partial charge in [-0.15, -0.1) is 0 Å². The van der Waals surface area contributed by atoms with E-state index >= 15 is 0 Å². The molecule has 0 saturated heterocycles. The van der Waals surface area contributed by atoms with Crippen LogP contribution < -0.4 is 10.5 Å². The fourth-order valence-electron chi connectivity index (χ4n) is 1.42. The molecule has 0 saturated carbocycles. The average Bonchev–Trinajstić information content (AvgIpc) is 2.27. The van der Waals surface area contributed by atoms with Crippen LogP contribution in [0.3, 0.4) is 0 Å². The number of halogens is 1. The molecule has 0 unspecified atom stereocenters. The third-order valence-electron chi connectivity index (χ3n) is 2.52. The minimum atomic E-state index is -3.42. The van der Waals surface area contributed by atoms with Crippen molar-refractivity contribution in [3.63, 3.8) is 0 Å². The number of nitrogens with two attached hydrogens (primary N) is 1. The third-order valence-corrected chi connectivity index (χ3v) is 3.74. The number of rotatable bonds is 6. The summed E-state index contributed by atoms with van der Waals surface area (Å²) in [5.74, 6) is 1.40. The second kappa shape index (κ2) is 6.49. The fourth-order valence-corrected chi connectivity index (χ4v) is 2.14. The lowest BCUT2D eigenvalue weighted by Gasteiger charge is -2.12. The predicted octanol–water partition coefficient (Wildman–Crippen LogP) is 1.65. The van der Waals surface area contributed by atoms with Crippen LogP contribution in [0.2, 0.25) is 5.15 Å². The van der Waals surface area contributed by atoms with Crippen molar-refractivity contribution in [1.82, 2.24) is 9.97 Å². The van der Waals surface area contributed by atoms with Crippen molar-refractivity contribution in [2.45, 2.75) is 33.1 Å². The molecule has 0 aromatic carbocycles. The SMILES string of the molecule is Cc1c(Cl)nc(C(C)C)nc1NCCCS(N)(=O)=O. The number of anilines is 1. The van der Waals surface area contributed by atoms with Gasteiger partial charge in [0.1, 0.15) is 16.8 Å². The van der Waals surface area contributed by atoms with Gasteiger partial charge in [0.15, 0.2) is 0 Å². The van der Waals surface area contributed by atoms with Crippen LogP contribution in [0.4, 0.5) is 5.82 Å². The molecule has 8 heteroatoms. The minimum Gasteiger partial charge on any atom is -0.370 e. The molecule has 1 heterocycles. The largest absolute Gasteiger partial charge is 0.370 e.